The van der Waals surface area contributed by atoms with Crippen molar-refractivity contribution < 1.29 is 4.79 Å². The standard InChI is InChI=1S/C7H7N5O/c8-9-7(13)12-10-5-3-1-2-4-6(5)11-12/h1-4H,8H2,(H,9,13). The van der Waals surface area contributed by atoms with E-state index in [2.05, 4.69) is 10.2 Å². The van der Waals surface area contributed by atoms with E-state index >= 15 is 0 Å². The molecule has 0 saturated heterocycles. The molecule has 66 valence electrons. The van der Waals surface area contributed by atoms with Crippen molar-refractivity contribution in [3.8, 4) is 0 Å². The summed E-state index contributed by atoms with van der Waals surface area (Å²) in [6.45, 7) is 0. The molecule has 6 heteroatoms. The zero-order valence-corrected chi connectivity index (χ0v) is 6.64. The molecule has 1 amide bonds. The highest BCUT2D eigenvalue weighted by molar-refractivity contribution is 5.79. The number of benzene rings is 1. The van der Waals surface area contributed by atoms with Crippen LogP contribution < -0.4 is 11.3 Å². The molecular weight excluding hydrogens is 170 g/mol. The molecule has 0 aliphatic carbocycles. The first-order valence-electron chi connectivity index (χ1n) is 3.64. The van der Waals surface area contributed by atoms with Crippen LogP contribution in [0.4, 0.5) is 4.79 Å². The summed E-state index contributed by atoms with van der Waals surface area (Å²) in [5, 5.41) is 7.79. The molecule has 0 radical (unpaired) electrons. The number of nitrogens with one attached hydrogen (secondary N) is 1. The summed E-state index contributed by atoms with van der Waals surface area (Å²) >= 11 is 0. The monoisotopic (exact) mass is 177 g/mol. The van der Waals surface area contributed by atoms with E-state index in [0.29, 0.717) is 11.0 Å². The number of aromatic nitrogens is 3. The zero-order valence-electron chi connectivity index (χ0n) is 6.64. The zero-order chi connectivity index (χ0) is 9.26. The third-order valence-electron chi connectivity index (χ3n) is 1.59. The van der Waals surface area contributed by atoms with E-state index in [-0.39, 0.29) is 0 Å². The van der Waals surface area contributed by atoms with E-state index < -0.39 is 6.03 Å². The average molecular weight is 177 g/mol. The minimum absolute atomic E-state index is 0.559. The minimum Gasteiger partial charge on any atom is -0.273 e. The van der Waals surface area contributed by atoms with Crippen LogP contribution in [0, 0.1) is 0 Å². The second kappa shape index (κ2) is 2.83. The van der Waals surface area contributed by atoms with Gasteiger partial charge in [0.25, 0.3) is 0 Å². The number of amides is 1. The third-order valence-corrected chi connectivity index (χ3v) is 1.59. The maximum absolute atomic E-state index is 11.0. The number of hydrogen-bond acceptors (Lipinski definition) is 4. The van der Waals surface area contributed by atoms with E-state index in [9.17, 15) is 4.79 Å². The van der Waals surface area contributed by atoms with Crippen LogP contribution in [0.15, 0.2) is 24.3 Å². The van der Waals surface area contributed by atoms with Crippen LogP contribution in [-0.2, 0) is 0 Å². The summed E-state index contributed by atoms with van der Waals surface area (Å²) in [7, 11) is 0. The Bertz CT molecular complexity index is 416. The molecule has 3 N–H and O–H groups in total. The van der Waals surface area contributed by atoms with E-state index in [4.69, 9.17) is 5.84 Å². The second-order valence-electron chi connectivity index (χ2n) is 2.43. The Hall–Kier alpha value is -1.95. The number of carbonyl (C=O) groups excluding carboxylic acids is 1. The lowest BCUT2D eigenvalue weighted by Gasteiger charge is -1.92. The first-order chi connectivity index (χ1) is 6.31. The summed E-state index contributed by atoms with van der Waals surface area (Å²) in [5.74, 6) is 4.93. The Labute approximate surface area is 73.3 Å². The molecule has 6 nitrogen and oxygen atoms in total. The number of hydrazine groups is 1. The SMILES string of the molecule is NNC(=O)n1nc2ccccc2n1. The van der Waals surface area contributed by atoms with Gasteiger partial charge in [-0.15, -0.1) is 10.2 Å². The predicted molar refractivity (Wildman–Crippen MR) is 45.6 cm³/mol. The lowest BCUT2D eigenvalue weighted by atomic mass is 10.3. The molecule has 2 aromatic rings. The number of carbonyl (C=O) groups is 1. The Kier molecular flexibility index (Phi) is 1.67. The summed E-state index contributed by atoms with van der Waals surface area (Å²) in [4.78, 5) is 11.9. The summed E-state index contributed by atoms with van der Waals surface area (Å²) < 4.78 is 0. The summed E-state index contributed by atoms with van der Waals surface area (Å²) in [5.41, 5.74) is 3.26. The minimum atomic E-state index is -0.559. The highest BCUT2D eigenvalue weighted by atomic mass is 16.2. The molecule has 1 aromatic carbocycles. The van der Waals surface area contributed by atoms with Gasteiger partial charge < -0.3 is 0 Å². The summed E-state index contributed by atoms with van der Waals surface area (Å²) in [6.07, 6.45) is 0. The maximum atomic E-state index is 11.0. The van der Waals surface area contributed by atoms with Crippen LogP contribution in [0.25, 0.3) is 11.0 Å². The van der Waals surface area contributed by atoms with Crippen LogP contribution in [0.3, 0.4) is 0 Å². The van der Waals surface area contributed by atoms with Crippen molar-refractivity contribution in [3.05, 3.63) is 24.3 Å². The molecule has 0 bridgehead atoms. The number of nitrogens with zero attached hydrogens (tertiary/aromatic N) is 3. The number of rotatable bonds is 0. The van der Waals surface area contributed by atoms with Gasteiger partial charge >= 0.3 is 6.03 Å². The number of nitrogens with two attached hydrogens (primary N) is 1. The fourth-order valence-electron chi connectivity index (χ4n) is 1.01. The van der Waals surface area contributed by atoms with Crippen LogP contribution in [0.5, 0.6) is 0 Å². The molecule has 0 spiro atoms. The van der Waals surface area contributed by atoms with Crippen LogP contribution in [0.2, 0.25) is 0 Å². The molecule has 0 saturated carbocycles. The lowest BCUT2D eigenvalue weighted by Crippen LogP contribution is -2.35. The van der Waals surface area contributed by atoms with Gasteiger partial charge in [-0.25, -0.2) is 10.6 Å². The lowest BCUT2D eigenvalue weighted by molar-refractivity contribution is 0.236. The second-order valence-corrected chi connectivity index (χ2v) is 2.43. The fourth-order valence-corrected chi connectivity index (χ4v) is 1.01. The van der Waals surface area contributed by atoms with Gasteiger partial charge in [0, 0.05) is 0 Å². The Morgan fingerprint density at radius 1 is 1.31 bits per heavy atom. The van der Waals surface area contributed by atoms with Crippen molar-refractivity contribution >= 4 is 17.1 Å². The van der Waals surface area contributed by atoms with Gasteiger partial charge in [-0.05, 0) is 12.1 Å². The highest BCUT2D eigenvalue weighted by Gasteiger charge is 2.06. The molecule has 0 atom stereocenters. The average Bonchev–Trinajstić information content (AvgIpc) is 2.59. The first kappa shape index (κ1) is 7.69. The molecule has 0 aliphatic heterocycles. The molecule has 1 aromatic heterocycles. The van der Waals surface area contributed by atoms with Gasteiger partial charge in [-0.1, -0.05) is 16.9 Å². The summed E-state index contributed by atoms with van der Waals surface area (Å²) in [6, 6.07) is 6.62. The molecule has 1 heterocycles. The van der Waals surface area contributed by atoms with Gasteiger partial charge in [-0.3, -0.25) is 5.43 Å². The molecule has 0 aliphatic rings. The molecule has 0 fully saturated rings. The smallest absolute Gasteiger partial charge is 0.273 e. The van der Waals surface area contributed by atoms with Crippen molar-refractivity contribution in [1.29, 1.82) is 0 Å². The van der Waals surface area contributed by atoms with Gasteiger partial charge in [0.15, 0.2) is 0 Å². The largest absolute Gasteiger partial charge is 0.373 e. The van der Waals surface area contributed by atoms with Crippen molar-refractivity contribution in [1.82, 2.24) is 20.4 Å². The van der Waals surface area contributed by atoms with Gasteiger partial charge in [0.05, 0.1) is 0 Å². The van der Waals surface area contributed by atoms with E-state index in [1.165, 1.54) is 0 Å². The normalized spacial score (nSPS) is 10.2. The van der Waals surface area contributed by atoms with Crippen LogP contribution in [0.1, 0.15) is 0 Å². The van der Waals surface area contributed by atoms with Crippen molar-refractivity contribution in [3.63, 3.8) is 0 Å². The quantitative estimate of drug-likeness (QED) is 0.333. The molecule has 0 unspecified atom stereocenters. The van der Waals surface area contributed by atoms with Crippen molar-refractivity contribution in [2.24, 2.45) is 5.84 Å². The van der Waals surface area contributed by atoms with Crippen LogP contribution in [-0.4, -0.2) is 21.0 Å². The van der Waals surface area contributed by atoms with Crippen molar-refractivity contribution in [2.45, 2.75) is 0 Å². The van der Waals surface area contributed by atoms with E-state index in [1.807, 2.05) is 17.6 Å². The first-order valence-corrected chi connectivity index (χ1v) is 3.64. The van der Waals surface area contributed by atoms with Gasteiger partial charge in [0.1, 0.15) is 11.0 Å². The Morgan fingerprint density at radius 2 is 1.85 bits per heavy atom. The van der Waals surface area contributed by atoms with E-state index in [0.717, 1.165) is 4.80 Å². The number of nitrogen functional groups attached to an aromatic ring is 1. The number of hydrogen-bond donors (Lipinski definition) is 2. The fraction of sp³-hybridized carbons (Fsp3) is 0. The van der Waals surface area contributed by atoms with Gasteiger partial charge in [-0.2, -0.15) is 0 Å². The molecule has 2 rings (SSSR count). The Morgan fingerprint density at radius 3 is 2.31 bits per heavy atom. The third kappa shape index (κ3) is 1.23. The van der Waals surface area contributed by atoms with E-state index in [1.54, 1.807) is 12.1 Å². The van der Waals surface area contributed by atoms with Crippen molar-refractivity contribution in [2.75, 3.05) is 0 Å². The Balaban J connectivity index is 2.56. The molecular formula is C7H7N5O. The van der Waals surface area contributed by atoms with Crippen LogP contribution >= 0.6 is 0 Å². The number of fused-ring (bicyclic) bond motifs is 1. The maximum Gasteiger partial charge on any atom is 0.373 e. The highest BCUT2D eigenvalue weighted by Crippen LogP contribution is 2.06. The molecule has 13 heavy (non-hydrogen) atoms. The predicted octanol–water partition coefficient (Wildman–Crippen LogP) is -0.137. The topological polar surface area (TPSA) is 85.8 Å². The van der Waals surface area contributed by atoms with Gasteiger partial charge in [0.2, 0.25) is 0 Å².